The fourth-order valence-electron chi connectivity index (χ4n) is 8.24. The molecule has 3 fully saturated rings. The molecule has 254 valence electrons. The SMILES string of the molecule is CCN1C(=O)[C@H]2[C@H](CC=C3[C@H]2C[C@H]2C(=O)N(Nc4ncc(C(F)(F)F)cc4Cl)C(=O)[C@@]2(c2ccc(Cl)cc2)[C@H]3c2ccc(O)c(F)c2)C1=O. The van der Waals surface area contributed by atoms with Gasteiger partial charge in [-0.15, -0.1) is 0 Å². The Hall–Kier alpha value is -4.49. The van der Waals surface area contributed by atoms with Gasteiger partial charge in [0, 0.05) is 23.7 Å². The van der Waals surface area contributed by atoms with E-state index in [1.165, 1.54) is 23.1 Å². The lowest BCUT2D eigenvalue weighted by atomic mass is 9.49. The molecule has 0 spiro atoms. The highest BCUT2D eigenvalue weighted by Crippen LogP contribution is 2.64. The maximum absolute atomic E-state index is 15.1. The normalized spacial score (nSPS) is 28.0. The molecule has 2 aliphatic carbocycles. The molecule has 3 heterocycles. The molecule has 4 amide bonds. The Balaban J connectivity index is 1.44. The van der Waals surface area contributed by atoms with Crippen LogP contribution in [0.2, 0.25) is 10.0 Å². The third-order valence-electron chi connectivity index (χ3n) is 10.3. The number of hydrazine groups is 1. The Kier molecular flexibility index (Phi) is 7.78. The lowest BCUT2D eigenvalue weighted by Crippen LogP contribution is -2.53. The van der Waals surface area contributed by atoms with Crippen LogP contribution < -0.4 is 5.43 Å². The molecule has 2 saturated heterocycles. The van der Waals surface area contributed by atoms with Crippen LogP contribution in [0, 0.1) is 29.5 Å². The van der Waals surface area contributed by atoms with Crippen molar-refractivity contribution in [2.24, 2.45) is 23.7 Å². The zero-order valence-electron chi connectivity index (χ0n) is 25.5. The Labute approximate surface area is 286 Å². The van der Waals surface area contributed by atoms with Crippen LogP contribution in [0.25, 0.3) is 0 Å². The van der Waals surface area contributed by atoms with E-state index in [2.05, 4.69) is 10.4 Å². The van der Waals surface area contributed by atoms with Crippen LogP contribution in [0.4, 0.5) is 23.4 Å². The molecule has 2 aromatic carbocycles. The number of carbonyl (C=O) groups is 4. The summed E-state index contributed by atoms with van der Waals surface area (Å²) >= 11 is 12.4. The zero-order valence-corrected chi connectivity index (χ0v) is 27.0. The van der Waals surface area contributed by atoms with Gasteiger partial charge in [-0.3, -0.25) is 29.5 Å². The van der Waals surface area contributed by atoms with Crippen LogP contribution >= 0.6 is 23.2 Å². The van der Waals surface area contributed by atoms with Crippen LogP contribution in [-0.2, 0) is 30.8 Å². The number of nitrogens with one attached hydrogen (secondary N) is 1. The van der Waals surface area contributed by atoms with Crippen molar-refractivity contribution in [1.29, 1.82) is 0 Å². The van der Waals surface area contributed by atoms with Crippen molar-refractivity contribution in [3.8, 4) is 5.75 Å². The number of phenols is 1. The van der Waals surface area contributed by atoms with Gasteiger partial charge in [-0.2, -0.15) is 18.2 Å². The van der Waals surface area contributed by atoms with Gasteiger partial charge in [-0.1, -0.05) is 53.1 Å². The number of benzene rings is 2. The Morgan fingerprint density at radius 3 is 2.35 bits per heavy atom. The van der Waals surface area contributed by atoms with Gasteiger partial charge in [0.15, 0.2) is 17.4 Å². The van der Waals surface area contributed by atoms with E-state index in [-0.39, 0.29) is 30.9 Å². The number of nitrogens with zero attached hydrogens (tertiary/aromatic N) is 3. The van der Waals surface area contributed by atoms with E-state index < -0.39 is 86.9 Å². The number of phenolic OH excluding ortho intramolecular Hbond substituents is 1. The topological polar surface area (TPSA) is 120 Å². The van der Waals surface area contributed by atoms with E-state index in [1.807, 2.05) is 0 Å². The summed E-state index contributed by atoms with van der Waals surface area (Å²) in [5.41, 5.74) is 0.648. The summed E-state index contributed by atoms with van der Waals surface area (Å²) in [6.07, 6.45) is -2.39. The highest BCUT2D eigenvalue weighted by molar-refractivity contribution is 6.33. The van der Waals surface area contributed by atoms with Crippen LogP contribution in [-0.4, -0.2) is 50.2 Å². The molecule has 2 N–H and O–H groups in total. The number of carbonyl (C=O) groups excluding carboxylic acids is 4. The molecule has 0 unspecified atom stereocenters. The monoisotopic (exact) mass is 716 g/mol. The maximum atomic E-state index is 15.1. The molecule has 15 heteroatoms. The minimum atomic E-state index is -4.76. The quantitative estimate of drug-likeness (QED) is 0.182. The molecule has 7 rings (SSSR count). The van der Waals surface area contributed by atoms with E-state index in [9.17, 15) is 32.7 Å². The average Bonchev–Trinajstić information content (AvgIpc) is 3.43. The summed E-state index contributed by atoms with van der Waals surface area (Å²) in [5, 5.41) is 10.5. The maximum Gasteiger partial charge on any atom is 0.417 e. The van der Waals surface area contributed by atoms with Crippen molar-refractivity contribution in [2.45, 2.75) is 37.3 Å². The van der Waals surface area contributed by atoms with Crippen molar-refractivity contribution < 1.29 is 41.8 Å². The summed E-state index contributed by atoms with van der Waals surface area (Å²) in [6.45, 7) is 1.83. The molecule has 1 saturated carbocycles. The van der Waals surface area contributed by atoms with E-state index in [4.69, 9.17) is 23.2 Å². The second-order valence-electron chi connectivity index (χ2n) is 12.6. The zero-order chi connectivity index (χ0) is 35.2. The van der Waals surface area contributed by atoms with Gasteiger partial charge < -0.3 is 5.11 Å². The Morgan fingerprint density at radius 2 is 1.71 bits per heavy atom. The predicted octanol–water partition coefficient (Wildman–Crippen LogP) is 6.26. The Morgan fingerprint density at radius 1 is 1.00 bits per heavy atom. The number of aromatic nitrogens is 1. The first kappa shape index (κ1) is 33.0. The van der Waals surface area contributed by atoms with Gasteiger partial charge in [-0.05, 0) is 67.1 Å². The van der Waals surface area contributed by atoms with Gasteiger partial charge in [0.2, 0.25) is 11.8 Å². The highest BCUT2D eigenvalue weighted by Gasteiger charge is 2.70. The van der Waals surface area contributed by atoms with E-state index >= 15 is 9.18 Å². The molecular formula is C34H26Cl2F4N4O5. The molecule has 3 aromatic rings. The number of alkyl halides is 3. The van der Waals surface area contributed by atoms with E-state index in [1.54, 1.807) is 25.1 Å². The standard InChI is InChI=1S/C34H26Cl2F4N4O5/c1-2-43-29(46)20-9-8-19-21(26(20)31(43)48)13-22-30(47)44(42-28-23(36)12-17(14-41-28)34(38,39)40)32(49)33(22,16-4-6-18(35)7-5-16)27(19)15-3-10-25(45)24(37)11-15/h3-8,10-12,14,20-22,26-27,45H,2,9,13H2,1H3,(H,41,42)/t20-,21+,22-,26-,27-,33+/m0/s1. The number of pyridine rings is 1. The van der Waals surface area contributed by atoms with Gasteiger partial charge in [0.25, 0.3) is 11.8 Å². The number of aromatic hydroxyl groups is 1. The second kappa shape index (κ2) is 11.5. The summed E-state index contributed by atoms with van der Waals surface area (Å²) in [7, 11) is 0. The van der Waals surface area contributed by atoms with Crippen LogP contribution in [0.3, 0.4) is 0 Å². The van der Waals surface area contributed by atoms with Gasteiger partial charge in [-0.25, -0.2) is 9.37 Å². The first-order valence-electron chi connectivity index (χ1n) is 15.4. The number of hydrogen-bond donors (Lipinski definition) is 2. The second-order valence-corrected chi connectivity index (χ2v) is 13.4. The number of likely N-dealkylation sites (tertiary alicyclic amines) is 1. The molecule has 4 aliphatic rings. The number of imide groups is 2. The van der Waals surface area contributed by atoms with Crippen LogP contribution in [0.1, 0.15) is 42.4 Å². The lowest BCUT2D eigenvalue weighted by Gasteiger charge is -2.50. The minimum absolute atomic E-state index is 0.0693. The van der Waals surface area contributed by atoms with E-state index in [0.717, 1.165) is 12.1 Å². The third kappa shape index (κ3) is 4.84. The lowest BCUT2D eigenvalue weighted by molar-refractivity contribution is -0.141. The fraction of sp³-hybridized carbons (Fsp3) is 0.324. The first-order chi connectivity index (χ1) is 23.2. The van der Waals surface area contributed by atoms with Crippen molar-refractivity contribution in [2.75, 3.05) is 12.0 Å². The summed E-state index contributed by atoms with van der Waals surface area (Å²) in [6, 6.07) is 10.4. The molecule has 2 aliphatic heterocycles. The summed E-state index contributed by atoms with van der Waals surface area (Å²) in [4.78, 5) is 61.5. The number of hydrogen-bond acceptors (Lipinski definition) is 7. The first-order valence-corrected chi connectivity index (χ1v) is 16.1. The van der Waals surface area contributed by atoms with Gasteiger partial charge >= 0.3 is 6.18 Å². The molecular weight excluding hydrogens is 691 g/mol. The van der Waals surface area contributed by atoms with Gasteiger partial charge in [0.05, 0.1) is 33.8 Å². The third-order valence-corrected chi connectivity index (χ3v) is 10.8. The molecule has 0 bridgehead atoms. The molecule has 6 atom stereocenters. The fourth-order valence-corrected chi connectivity index (χ4v) is 8.57. The largest absolute Gasteiger partial charge is 0.505 e. The van der Waals surface area contributed by atoms with Crippen molar-refractivity contribution >= 4 is 52.6 Å². The number of rotatable bonds is 5. The highest BCUT2D eigenvalue weighted by atomic mass is 35.5. The van der Waals surface area contributed by atoms with Crippen molar-refractivity contribution in [1.82, 2.24) is 14.9 Å². The molecule has 1 aromatic heterocycles. The predicted molar refractivity (Wildman–Crippen MR) is 167 cm³/mol. The van der Waals surface area contributed by atoms with Crippen molar-refractivity contribution in [3.05, 3.63) is 98.9 Å². The van der Waals surface area contributed by atoms with E-state index in [0.29, 0.717) is 33.4 Å². The van der Waals surface area contributed by atoms with Gasteiger partial charge in [0.1, 0.15) is 0 Å². The van der Waals surface area contributed by atoms with Crippen LogP contribution in [0.5, 0.6) is 5.75 Å². The average molecular weight is 718 g/mol. The van der Waals surface area contributed by atoms with Crippen molar-refractivity contribution in [3.63, 3.8) is 0 Å². The smallest absolute Gasteiger partial charge is 0.417 e. The Bertz CT molecular complexity index is 1970. The molecule has 0 radical (unpaired) electrons. The summed E-state index contributed by atoms with van der Waals surface area (Å²) < 4.78 is 55.2. The molecule has 9 nitrogen and oxygen atoms in total. The number of anilines is 1. The summed E-state index contributed by atoms with van der Waals surface area (Å²) in [5.74, 6) is -9.04. The number of halogens is 6. The minimum Gasteiger partial charge on any atom is -0.505 e. The van der Waals surface area contributed by atoms with Crippen LogP contribution in [0.15, 0.2) is 66.4 Å². The number of fused-ring (bicyclic) bond motifs is 4. The number of amides is 4. The number of allylic oxidation sites excluding steroid dienone is 2. The molecule has 49 heavy (non-hydrogen) atoms.